The third kappa shape index (κ3) is 3.44. The standard InChI is InChI=1S/C24H23NO4/c1-14-8-10-16(11-9-14)20-21-18(26)12-17(15-6-4-3-5-7-15)13-19(21)29-23(25)22(20)24(27)28-2/h3-11,17,20H,12-13,25H2,1-2H3/t17-,20-/m1/s1. The number of esters is 1. The number of rotatable bonds is 3. The van der Waals surface area contributed by atoms with Gasteiger partial charge in [-0.15, -0.1) is 0 Å². The topological polar surface area (TPSA) is 78.6 Å². The first-order valence-corrected chi connectivity index (χ1v) is 9.63. The molecule has 0 bridgehead atoms. The number of carbonyl (C=O) groups excluding carboxylic acids is 2. The maximum Gasteiger partial charge on any atom is 0.340 e. The van der Waals surface area contributed by atoms with Crippen molar-refractivity contribution in [3.05, 3.63) is 94.1 Å². The summed E-state index contributed by atoms with van der Waals surface area (Å²) in [4.78, 5) is 25.8. The molecule has 2 aliphatic rings. The Hall–Kier alpha value is -3.34. The average Bonchev–Trinajstić information content (AvgIpc) is 2.73. The molecule has 0 amide bonds. The molecular weight excluding hydrogens is 366 g/mol. The highest BCUT2D eigenvalue weighted by Crippen LogP contribution is 2.47. The molecule has 0 fully saturated rings. The van der Waals surface area contributed by atoms with E-state index in [-0.39, 0.29) is 23.2 Å². The van der Waals surface area contributed by atoms with E-state index in [0.717, 1.165) is 16.7 Å². The van der Waals surface area contributed by atoms with Crippen LogP contribution in [0.15, 0.2) is 77.4 Å². The van der Waals surface area contributed by atoms with Gasteiger partial charge < -0.3 is 15.2 Å². The molecule has 148 valence electrons. The second-order valence-corrected chi connectivity index (χ2v) is 7.49. The molecule has 0 unspecified atom stereocenters. The number of aryl methyl sites for hydroxylation is 1. The Morgan fingerprint density at radius 2 is 1.72 bits per heavy atom. The highest BCUT2D eigenvalue weighted by Gasteiger charge is 2.43. The zero-order valence-corrected chi connectivity index (χ0v) is 16.5. The van der Waals surface area contributed by atoms with Gasteiger partial charge in [-0.2, -0.15) is 0 Å². The predicted molar refractivity (Wildman–Crippen MR) is 109 cm³/mol. The van der Waals surface area contributed by atoms with E-state index in [1.54, 1.807) is 0 Å². The lowest BCUT2D eigenvalue weighted by Crippen LogP contribution is -2.32. The summed E-state index contributed by atoms with van der Waals surface area (Å²) in [6.45, 7) is 1.99. The molecule has 1 aliphatic heterocycles. The van der Waals surface area contributed by atoms with Crippen LogP contribution in [0.5, 0.6) is 0 Å². The van der Waals surface area contributed by atoms with E-state index in [1.165, 1.54) is 7.11 Å². The van der Waals surface area contributed by atoms with Gasteiger partial charge in [-0.05, 0) is 24.0 Å². The summed E-state index contributed by atoms with van der Waals surface area (Å²) in [5.41, 5.74) is 9.85. The normalized spacial score (nSPS) is 21.5. The first-order valence-electron chi connectivity index (χ1n) is 9.63. The monoisotopic (exact) mass is 389 g/mol. The molecule has 1 aliphatic carbocycles. The van der Waals surface area contributed by atoms with Crippen molar-refractivity contribution in [2.45, 2.75) is 31.6 Å². The summed E-state index contributed by atoms with van der Waals surface area (Å²) in [5.74, 6) is -0.629. The Balaban J connectivity index is 1.81. The van der Waals surface area contributed by atoms with Crippen LogP contribution >= 0.6 is 0 Å². The number of ether oxygens (including phenoxy) is 2. The molecule has 1 heterocycles. The van der Waals surface area contributed by atoms with Crippen LogP contribution in [0.3, 0.4) is 0 Å². The average molecular weight is 389 g/mol. The van der Waals surface area contributed by atoms with Crippen LogP contribution in [-0.4, -0.2) is 18.9 Å². The number of benzene rings is 2. The van der Waals surface area contributed by atoms with E-state index in [2.05, 4.69) is 0 Å². The molecule has 29 heavy (non-hydrogen) atoms. The molecule has 2 atom stereocenters. The Kier molecular flexibility index (Phi) is 4.97. The number of nitrogens with two attached hydrogens (primary N) is 1. The molecule has 0 radical (unpaired) electrons. The number of ketones is 1. The number of Topliss-reactive ketones (excluding diaryl/α,β-unsaturated/α-hetero) is 1. The zero-order chi connectivity index (χ0) is 20.5. The predicted octanol–water partition coefficient (Wildman–Crippen LogP) is 3.85. The lowest BCUT2D eigenvalue weighted by atomic mass is 9.73. The van der Waals surface area contributed by atoms with E-state index >= 15 is 0 Å². The maximum absolute atomic E-state index is 13.3. The summed E-state index contributed by atoms with van der Waals surface area (Å²) < 4.78 is 10.8. The van der Waals surface area contributed by atoms with Crippen LogP contribution in [0.25, 0.3) is 0 Å². The van der Waals surface area contributed by atoms with Crippen molar-refractivity contribution in [2.24, 2.45) is 5.73 Å². The van der Waals surface area contributed by atoms with E-state index in [0.29, 0.717) is 24.2 Å². The Bertz CT molecular complexity index is 1020. The Morgan fingerprint density at radius 3 is 2.38 bits per heavy atom. The molecule has 5 heteroatoms. The minimum Gasteiger partial charge on any atom is -0.465 e. The second kappa shape index (κ2) is 7.59. The van der Waals surface area contributed by atoms with Crippen LogP contribution in [-0.2, 0) is 19.1 Å². The minimum absolute atomic E-state index is 0.00249. The molecular formula is C24H23NO4. The van der Waals surface area contributed by atoms with Crippen molar-refractivity contribution in [3.63, 3.8) is 0 Å². The molecule has 0 aromatic heterocycles. The van der Waals surface area contributed by atoms with Gasteiger partial charge in [-0.3, -0.25) is 4.79 Å². The lowest BCUT2D eigenvalue weighted by Gasteiger charge is -2.35. The molecule has 0 spiro atoms. The summed E-state index contributed by atoms with van der Waals surface area (Å²) in [6, 6.07) is 17.7. The van der Waals surface area contributed by atoms with Gasteiger partial charge in [0.25, 0.3) is 0 Å². The second-order valence-electron chi connectivity index (χ2n) is 7.49. The van der Waals surface area contributed by atoms with Gasteiger partial charge in [0.2, 0.25) is 5.88 Å². The Labute approximate surface area is 169 Å². The quantitative estimate of drug-likeness (QED) is 0.807. The first kappa shape index (κ1) is 19.0. The Morgan fingerprint density at radius 1 is 1.03 bits per heavy atom. The van der Waals surface area contributed by atoms with Crippen molar-refractivity contribution < 1.29 is 19.1 Å². The summed E-state index contributed by atoms with van der Waals surface area (Å²) in [6.07, 6.45) is 0.922. The van der Waals surface area contributed by atoms with Crippen molar-refractivity contribution in [1.82, 2.24) is 0 Å². The molecule has 4 rings (SSSR count). The fourth-order valence-electron chi connectivity index (χ4n) is 4.17. The van der Waals surface area contributed by atoms with Gasteiger partial charge in [0.05, 0.1) is 13.0 Å². The zero-order valence-electron chi connectivity index (χ0n) is 16.5. The van der Waals surface area contributed by atoms with Gasteiger partial charge in [-0.25, -0.2) is 4.79 Å². The molecule has 5 nitrogen and oxygen atoms in total. The molecule has 2 N–H and O–H groups in total. The van der Waals surface area contributed by atoms with Crippen molar-refractivity contribution in [3.8, 4) is 0 Å². The highest BCUT2D eigenvalue weighted by molar-refractivity contribution is 6.03. The van der Waals surface area contributed by atoms with Crippen molar-refractivity contribution in [2.75, 3.05) is 7.11 Å². The molecule has 2 aromatic carbocycles. The number of allylic oxidation sites excluding steroid dienone is 2. The van der Waals surface area contributed by atoms with Crippen molar-refractivity contribution >= 4 is 11.8 Å². The fourth-order valence-corrected chi connectivity index (χ4v) is 4.17. The highest BCUT2D eigenvalue weighted by atomic mass is 16.5. The van der Waals surface area contributed by atoms with E-state index in [1.807, 2.05) is 61.5 Å². The van der Waals surface area contributed by atoms with E-state index < -0.39 is 11.9 Å². The van der Waals surface area contributed by atoms with E-state index in [9.17, 15) is 9.59 Å². The van der Waals surface area contributed by atoms with Crippen LogP contribution in [0, 0.1) is 6.92 Å². The summed E-state index contributed by atoms with van der Waals surface area (Å²) in [7, 11) is 1.30. The lowest BCUT2D eigenvalue weighted by molar-refractivity contribution is -0.136. The third-order valence-corrected chi connectivity index (χ3v) is 5.63. The fraction of sp³-hybridized carbons (Fsp3) is 0.250. The number of hydrogen-bond donors (Lipinski definition) is 1. The van der Waals surface area contributed by atoms with E-state index in [4.69, 9.17) is 15.2 Å². The largest absolute Gasteiger partial charge is 0.465 e. The smallest absolute Gasteiger partial charge is 0.340 e. The van der Waals surface area contributed by atoms with Crippen LogP contribution < -0.4 is 5.73 Å². The van der Waals surface area contributed by atoms with Gasteiger partial charge in [-0.1, -0.05) is 60.2 Å². The van der Waals surface area contributed by atoms with Gasteiger partial charge in [0, 0.05) is 18.4 Å². The first-order chi connectivity index (χ1) is 14.0. The molecule has 2 aromatic rings. The van der Waals surface area contributed by atoms with Crippen LogP contribution in [0.1, 0.15) is 41.4 Å². The minimum atomic E-state index is -0.587. The third-order valence-electron chi connectivity index (χ3n) is 5.63. The summed E-state index contributed by atoms with van der Waals surface area (Å²) >= 11 is 0. The van der Waals surface area contributed by atoms with Crippen LogP contribution in [0.2, 0.25) is 0 Å². The SMILES string of the molecule is COC(=O)C1=C(N)OC2=C(C(=O)C[C@@H](c3ccccc3)C2)[C@H]1c1ccc(C)cc1. The molecule has 0 saturated carbocycles. The number of methoxy groups -OCH3 is 1. The van der Waals surface area contributed by atoms with Gasteiger partial charge in [0.1, 0.15) is 11.3 Å². The summed E-state index contributed by atoms with van der Waals surface area (Å²) in [5, 5.41) is 0. The number of carbonyl (C=O) groups is 2. The van der Waals surface area contributed by atoms with Crippen LogP contribution in [0.4, 0.5) is 0 Å². The maximum atomic E-state index is 13.3. The van der Waals surface area contributed by atoms with Gasteiger partial charge >= 0.3 is 5.97 Å². The van der Waals surface area contributed by atoms with Gasteiger partial charge in [0.15, 0.2) is 5.78 Å². The van der Waals surface area contributed by atoms with Crippen molar-refractivity contribution in [1.29, 1.82) is 0 Å². The number of hydrogen-bond acceptors (Lipinski definition) is 5. The molecule has 0 saturated heterocycles.